The summed E-state index contributed by atoms with van der Waals surface area (Å²) in [6, 6.07) is 9.27. The molecule has 0 bridgehead atoms. The van der Waals surface area contributed by atoms with E-state index in [0.717, 1.165) is 31.2 Å². The summed E-state index contributed by atoms with van der Waals surface area (Å²) in [5.74, 6) is 0. The fourth-order valence-electron chi connectivity index (χ4n) is 1.76. The summed E-state index contributed by atoms with van der Waals surface area (Å²) in [5.41, 5.74) is 2.64. The summed E-state index contributed by atoms with van der Waals surface area (Å²) < 4.78 is 25.1. The van der Waals surface area contributed by atoms with Crippen molar-refractivity contribution in [1.29, 1.82) is 0 Å². The molecule has 0 aliphatic rings. The van der Waals surface area contributed by atoms with Crippen molar-refractivity contribution in [2.45, 2.75) is 39.0 Å². The highest BCUT2D eigenvalue weighted by atomic mass is 31.2. The number of benzene rings is 1. The van der Waals surface area contributed by atoms with Crippen LogP contribution in [0.2, 0.25) is 0 Å². The molecule has 0 radical (unpaired) electrons. The van der Waals surface area contributed by atoms with Crippen molar-refractivity contribution in [3.63, 3.8) is 0 Å². The standard InChI is InChI=1S/C15H24NO6P/c1-2-3-4-8-12-20-15(17)16-22-23(18,19)21-13-11-14-9-6-5-7-10-14/h5-7,9-10H,2-4,8,11-13H2,1H3,(H,16,17)(H,18,19)/p-1. The summed E-state index contributed by atoms with van der Waals surface area (Å²) in [5, 5.41) is 0. The highest BCUT2D eigenvalue weighted by Crippen LogP contribution is 2.36. The summed E-state index contributed by atoms with van der Waals surface area (Å²) in [4.78, 5) is 22.7. The molecule has 1 unspecified atom stereocenters. The van der Waals surface area contributed by atoms with Gasteiger partial charge in [-0.15, -0.1) is 0 Å². The van der Waals surface area contributed by atoms with Gasteiger partial charge in [0.15, 0.2) is 0 Å². The number of phosphoric ester groups is 1. The monoisotopic (exact) mass is 344 g/mol. The fraction of sp³-hybridized carbons (Fsp3) is 0.533. The van der Waals surface area contributed by atoms with E-state index in [1.54, 1.807) is 5.48 Å². The SMILES string of the molecule is CCCCCCOC(=O)NOP(=O)([O-])OCCc1ccccc1. The van der Waals surface area contributed by atoms with E-state index >= 15 is 0 Å². The number of nitrogens with one attached hydrogen (secondary N) is 1. The zero-order chi connectivity index (χ0) is 17.0. The van der Waals surface area contributed by atoms with Gasteiger partial charge in [0.25, 0.3) is 7.82 Å². The van der Waals surface area contributed by atoms with E-state index in [1.807, 2.05) is 30.3 Å². The lowest BCUT2D eigenvalue weighted by Crippen LogP contribution is -2.27. The quantitative estimate of drug-likeness (QED) is 0.377. The smallest absolute Gasteiger partial charge is 0.431 e. The Hall–Kier alpha value is -1.40. The summed E-state index contributed by atoms with van der Waals surface area (Å²) >= 11 is 0. The summed E-state index contributed by atoms with van der Waals surface area (Å²) in [6.45, 7) is 2.22. The lowest BCUT2D eigenvalue weighted by molar-refractivity contribution is -0.230. The second-order valence-electron chi connectivity index (χ2n) is 4.91. The van der Waals surface area contributed by atoms with E-state index in [1.165, 1.54) is 0 Å². The molecule has 1 aromatic rings. The molecule has 0 spiro atoms. The van der Waals surface area contributed by atoms with Crippen LogP contribution in [0.3, 0.4) is 0 Å². The van der Waals surface area contributed by atoms with Crippen LogP contribution in [-0.2, 0) is 24.9 Å². The first kappa shape index (κ1) is 19.6. The minimum atomic E-state index is -4.60. The third-order valence-electron chi connectivity index (χ3n) is 2.95. The van der Waals surface area contributed by atoms with Gasteiger partial charge < -0.3 is 14.2 Å². The van der Waals surface area contributed by atoms with Crippen LogP contribution in [-0.4, -0.2) is 19.3 Å². The van der Waals surface area contributed by atoms with Crippen LogP contribution in [0.4, 0.5) is 4.79 Å². The molecule has 130 valence electrons. The number of carbonyl (C=O) groups excluding carboxylic acids is 1. The van der Waals surface area contributed by atoms with Crippen molar-refractivity contribution >= 4 is 13.9 Å². The first-order valence-corrected chi connectivity index (χ1v) is 9.10. The molecule has 1 N–H and O–H groups in total. The van der Waals surface area contributed by atoms with E-state index in [4.69, 9.17) is 4.74 Å². The van der Waals surface area contributed by atoms with Gasteiger partial charge in [-0.3, -0.25) is 4.57 Å². The molecule has 7 nitrogen and oxygen atoms in total. The average Bonchev–Trinajstić information content (AvgIpc) is 2.54. The molecule has 23 heavy (non-hydrogen) atoms. The molecule has 0 aromatic heterocycles. The summed E-state index contributed by atoms with van der Waals surface area (Å²) in [6.07, 6.45) is 3.28. The van der Waals surface area contributed by atoms with E-state index in [-0.39, 0.29) is 13.2 Å². The third-order valence-corrected chi connectivity index (χ3v) is 3.77. The predicted molar refractivity (Wildman–Crippen MR) is 83.4 cm³/mol. The number of amides is 1. The molecule has 0 saturated heterocycles. The highest BCUT2D eigenvalue weighted by molar-refractivity contribution is 7.45. The largest absolute Gasteiger partial charge is 0.755 e. The number of phosphoric acid groups is 1. The topological polar surface area (TPSA) is 96.9 Å². The molecule has 8 heteroatoms. The number of carbonyl (C=O) groups is 1. The minimum Gasteiger partial charge on any atom is -0.755 e. The van der Waals surface area contributed by atoms with Crippen molar-refractivity contribution < 1.29 is 28.1 Å². The van der Waals surface area contributed by atoms with E-state index in [0.29, 0.717) is 6.42 Å². The molecule has 0 saturated carbocycles. The second kappa shape index (κ2) is 11.2. The Bertz CT molecular complexity index is 496. The van der Waals surface area contributed by atoms with E-state index in [2.05, 4.69) is 16.1 Å². The molecule has 0 aliphatic heterocycles. The fourth-order valence-corrected chi connectivity index (χ4v) is 2.32. The van der Waals surface area contributed by atoms with Crippen LogP contribution in [0.1, 0.15) is 38.2 Å². The Morgan fingerprint density at radius 3 is 2.61 bits per heavy atom. The van der Waals surface area contributed by atoms with Gasteiger partial charge in [-0.2, -0.15) is 10.1 Å². The van der Waals surface area contributed by atoms with Gasteiger partial charge in [-0.05, 0) is 18.4 Å². The number of hydrogen-bond acceptors (Lipinski definition) is 6. The second-order valence-corrected chi connectivity index (χ2v) is 6.24. The van der Waals surface area contributed by atoms with E-state index < -0.39 is 13.9 Å². The maximum absolute atomic E-state index is 11.5. The van der Waals surface area contributed by atoms with Crippen molar-refractivity contribution in [2.75, 3.05) is 13.2 Å². The maximum atomic E-state index is 11.5. The normalized spacial score (nSPS) is 13.3. The molecule has 1 atom stereocenters. The molecule has 1 amide bonds. The summed E-state index contributed by atoms with van der Waals surface area (Å²) in [7, 11) is -4.60. The minimum absolute atomic E-state index is 0.0709. The van der Waals surface area contributed by atoms with E-state index in [9.17, 15) is 14.3 Å². The number of hydroxylamine groups is 1. The number of ether oxygens (including phenoxy) is 1. The molecular weight excluding hydrogens is 321 g/mol. The van der Waals surface area contributed by atoms with Gasteiger partial charge in [-0.25, -0.2) is 4.79 Å². The van der Waals surface area contributed by atoms with Crippen LogP contribution in [0.15, 0.2) is 30.3 Å². The Kier molecular flexibility index (Phi) is 9.55. The van der Waals surface area contributed by atoms with Crippen molar-refractivity contribution in [3.8, 4) is 0 Å². The zero-order valence-corrected chi connectivity index (χ0v) is 14.1. The molecule has 0 heterocycles. The van der Waals surface area contributed by atoms with Crippen LogP contribution < -0.4 is 10.4 Å². The Morgan fingerprint density at radius 2 is 1.91 bits per heavy atom. The van der Waals surface area contributed by atoms with Gasteiger partial charge in [0.1, 0.15) is 0 Å². The molecule has 0 fully saturated rings. The van der Waals surface area contributed by atoms with Gasteiger partial charge in [0, 0.05) is 0 Å². The van der Waals surface area contributed by atoms with Crippen molar-refractivity contribution in [3.05, 3.63) is 35.9 Å². The molecule has 1 aromatic carbocycles. The highest BCUT2D eigenvalue weighted by Gasteiger charge is 2.12. The molecule has 0 aliphatic carbocycles. The van der Waals surface area contributed by atoms with Crippen LogP contribution in [0.25, 0.3) is 0 Å². The van der Waals surface area contributed by atoms with Crippen LogP contribution in [0.5, 0.6) is 0 Å². The first-order valence-electron chi connectivity index (χ1n) is 7.64. The molecule has 1 rings (SSSR count). The Morgan fingerprint density at radius 1 is 1.17 bits per heavy atom. The maximum Gasteiger partial charge on any atom is 0.431 e. The first-order chi connectivity index (χ1) is 11.0. The number of rotatable bonds is 11. The third kappa shape index (κ3) is 10.1. The Balaban J connectivity index is 2.14. The number of hydrogen-bond donors (Lipinski definition) is 1. The van der Waals surface area contributed by atoms with Crippen LogP contribution >= 0.6 is 7.82 Å². The predicted octanol–water partition coefficient (Wildman–Crippen LogP) is 2.95. The lowest BCUT2D eigenvalue weighted by atomic mass is 10.2. The number of unbranched alkanes of at least 4 members (excludes halogenated alkanes) is 3. The van der Waals surface area contributed by atoms with Crippen LogP contribution in [0, 0.1) is 0 Å². The van der Waals surface area contributed by atoms with Gasteiger partial charge >= 0.3 is 6.09 Å². The van der Waals surface area contributed by atoms with Gasteiger partial charge in [-0.1, -0.05) is 56.5 Å². The molecular formula is C15H23NO6P-. The Labute approximate surface area is 136 Å². The van der Waals surface area contributed by atoms with Crippen molar-refractivity contribution in [1.82, 2.24) is 5.48 Å². The lowest BCUT2D eigenvalue weighted by Gasteiger charge is -2.21. The van der Waals surface area contributed by atoms with Crippen molar-refractivity contribution in [2.24, 2.45) is 0 Å². The van der Waals surface area contributed by atoms with Gasteiger partial charge in [0.2, 0.25) is 0 Å². The van der Waals surface area contributed by atoms with Gasteiger partial charge in [0.05, 0.1) is 13.2 Å². The zero-order valence-electron chi connectivity index (χ0n) is 13.2. The average molecular weight is 344 g/mol.